The van der Waals surface area contributed by atoms with E-state index in [1.165, 1.54) is 6.20 Å². The highest BCUT2D eigenvalue weighted by atomic mass is 16.5. The SMILES string of the molecule is CCOC(=O)c1ncc2onc(-c3ccc(Oc4ccccc4)cc3)c2c1O. The number of benzene rings is 2. The maximum atomic E-state index is 12.0. The first kappa shape index (κ1) is 17.5. The highest BCUT2D eigenvalue weighted by Gasteiger charge is 2.22. The van der Waals surface area contributed by atoms with Crippen molar-refractivity contribution >= 4 is 16.9 Å². The third-order valence-corrected chi connectivity index (χ3v) is 4.07. The molecule has 0 radical (unpaired) electrons. The van der Waals surface area contributed by atoms with Crippen LogP contribution in [0.3, 0.4) is 0 Å². The highest BCUT2D eigenvalue weighted by molar-refractivity contribution is 6.02. The molecule has 0 fully saturated rings. The fourth-order valence-electron chi connectivity index (χ4n) is 2.77. The van der Waals surface area contributed by atoms with E-state index in [9.17, 15) is 9.90 Å². The first-order chi connectivity index (χ1) is 13.7. The van der Waals surface area contributed by atoms with Gasteiger partial charge in [-0.25, -0.2) is 9.78 Å². The minimum absolute atomic E-state index is 0.178. The Morgan fingerprint density at radius 3 is 2.50 bits per heavy atom. The lowest BCUT2D eigenvalue weighted by Gasteiger charge is -2.06. The van der Waals surface area contributed by atoms with Crippen molar-refractivity contribution in [3.63, 3.8) is 0 Å². The van der Waals surface area contributed by atoms with Crippen LogP contribution in [0.4, 0.5) is 0 Å². The molecule has 0 aliphatic heterocycles. The van der Waals surface area contributed by atoms with Crippen LogP contribution in [0.1, 0.15) is 17.4 Å². The molecule has 0 saturated carbocycles. The Kier molecular flexibility index (Phi) is 4.63. The minimum Gasteiger partial charge on any atom is -0.505 e. The summed E-state index contributed by atoms with van der Waals surface area (Å²) < 4.78 is 15.9. The van der Waals surface area contributed by atoms with Crippen molar-refractivity contribution in [1.82, 2.24) is 10.1 Å². The molecule has 4 rings (SSSR count). The normalized spacial score (nSPS) is 10.8. The summed E-state index contributed by atoms with van der Waals surface area (Å²) in [7, 11) is 0. The Bertz CT molecular complexity index is 1120. The summed E-state index contributed by atoms with van der Waals surface area (Å²) in [5.41, 5.74) is 1.18. The van der Waals surface area contributed by atoms with E-state index >= 15 is 0 Å². The number of ether oxygens (including phenoxy) is 2. The van der Waals surface area contributed by atoms with Gasteiger partial charge in [0.05, 0.1) is 18.2 Å². The van der Waals surface area contributed by atoms with Gasteiger partial charge in [-0.2, -0.15) is 0 Å². The second-order valence-electron chi connectivity index (χ2n) is 5.89. The molecule has 0 saturated heterocycles. The Morgan fingerprint density at radius 2 is 1.79 bits per heavy atom. The van der Waals surface area contributed by atoms with Crippen LogP contribution < -0.4 is 4.74 Å². The zero-order valence-electron chi connectivity index (χ0n) is 15.0. The molecule has 1 N–H and O–H groups in total. The lowest BCUT2D eigenvalue weighted by Crippen LogP contribution is -2.07. The number of hydrogen-bond donors (Lipinski definition) is 1. The Morgan fingerprint density at radius 1 is 1.07 bits per heavy atom. The predicted molar refractivity (Wildman–Crippen MR) is 101 cm³/mol. The van der Waals surface area contributed by atoms with Gasteiger partial charge in [-0.15, -0.1) is 0 Å². The van der Waals surface area contributed by atoms with Crippen LogP contribution in [-0.4, -0.2) is 27.8 Å². The number of carbonyl (C=O) groups excluding carboxylic acids is 1. The van der Waals surface area contributed by atoms with Gasteiger partial charge in [-0.3, -0.25) is 0 Å². The van der Waals surface area contributed by atoms with Gasteiger partial charge in [0.1, 0.15) is 17.2 Å². The molecule has 0 amide bonds. The van der Waals surface area contributed by atoms with Crippen molar-refractivity contribution in [2.75, 3.05) is 6.61 Å². The molecule has 0 spiro atoms. The van der Waals surface area contributed by atoms with E-state index in [2.05, 4.69) is 10.1 Å². The quantitative estimate of drug-likeness (QED) is 0.510. The molecule has 28 heavy (non-hydrogen) atoms. The molecule has 0 atom stereocenters. The topological polar surface area (TPSA) is 94.7 Å². The minimum atomic E-state index is -0.708. The van der Waals surface area contributed by atoms with Crippen molar-refractivity contribution < 1.29 is 23.9 Å². The van der Waals surface area contributed by atoms with Gasteiger partial charge in [0.25, 0.3) is 0 Å². The summed E-state index contributed by atoms with van der Waals surface area (Å²) in [6, 6.07) is 16.6. The molecule has 0 bridgehead atoms. The zero-order chi connectivity index (χ0) is 19.5. The number of aromatic hydroxyl groups is 1. The van der Waals surface area contributed by atoms with Crippen LogP contribution in [0.25, 0.3) is 22.2 Å². The Balaban J connectivity index is 1.69. The Labute approximate surface area is 160 Å². The number of esters is 1. The third kappa shape index (κ3) is 3.25. The molecule has 140 valence electrons. The van der Waals surface area contributed by atoms with Gasteiger partial charge < -0.3 is 19.1 Å². The second kappa shape index (κ2) is 7.40. The van der Waals surface area contributed by atoms with Gasteiger partial charge in [-0.1, -0.05) is 23.4 Å². The molecule has 0 unspecified atom stereocenters. The number of nitrogens with zero attached hydrogens (tertiary/aromatic N) is 2. The summed E-state index contributed by atoms with van der Waals surface area (Å²) in [5, 5.41) is 14.9. The van der Waals surface area contributed by atoms with E-state index in [4.69, 9.17) is 14.0 Å². The summed E-state index contributed by atoms with van der Waals surface area (Å²) in [5.74, 6) is 0.350. The average Bonchev–Trinajstić information content (AvgIpc) is 3.15. The van der Waals surface area contributed by atoms with Gasteiger partial charge in [0, 0.05) is 5.56 Å². The lowest BCUT2D eigenvalue weighted by atomic mass is 10.1. The highest BCUT2D eigenvalue weighted by Crippen LogP contribution is 2.36. The van der Waals surface area contributed by atoms with E-state index in [1.54, 1.807) is 31.2 Å². The van der Waals surface area contributed by atoms with Crippen LogP contribution in [0.5, 0.6) is 17.2 Å². The number of pyridine rings is 1. The number of carbonyl (C=O) groups is 1. The molecule has 7 nitrogen and oxygen atoms in total. The van der Waals surface area contributed by atoms with Crippen LogP contribution in [0, 0.1) is 0 Å². The smallest absolute Gasteiger partial charge is 0.360 e. The molecular weight excluding hydrogens is 360 g/mol. The summed E-state index contributed by atoms with van der Waals surface area (Å²) in [6.45, 7) is 1.86. The van der Waals surface area contributed by atoms with Crippen molar-refractivity contribution in [3.05, 3.63) is 66.5 Å². The maximum Gasteiger partial charge on any atom is 0.360 e. The molecule has 2 aromatic carbocycles. The van der Waals surface area contributed by atoms with E-state index < -0.39 is 5.97 Å². The van der Waals surface area contributed by atoms with Crippen LogP contribution in [0.15, 0.2) is 65.3 Å². The molecule has 0 aliphatic carbocycles. The van der Waals surface area contributed by atoms with Crippen LogP contribution in [0.2, 0.25) is 0 Å². The van der Waals surface area contributed by atoms with Crippen LogP contribution in [-0.2, 0) is 4.74 Å². The molecule has 7 heteroatoms. The van der Waals surface area contributed by atoms with E-state index in [1.807, 2.05) is 30.3 Å². The first-order valence-electron chi connectivity index (χ1n) is 8.65. The number of hydrogen-bond acceptors (Lipinski definition) is 7. The monoisotopic (exact) mass is 376 g/mol. The Hall–Kier alpha value is -3.87. The van der Waals surface area contributed by atoms with Gasteiger partial charge in [-0.05, 0) is 43.3 Å². The third-order valence-electron chi connectivity index (χ3n) is 4.07. The summed E-state index contributed by atoms with van der Waals surface area (Å²) in [6.07, 6.45) is 1.34. The molecule has 2 heterocycles. The molecular formula is C21H16N2O5. The van der Waals surface area contributed by atoms with E-state index in [0.29, 0.717) is 22.4 Å². The molecule has 4 aromatic rings. The predicted octanol–water partition coefficient (Wildman–Crippen LogP) is 4.56. The number of fused-ring (bicyclic) bond motifs is 1. The van der Waals surface area contributed by atoms with Gasteiger partial charge in [0.2, 0.25) is 0 Å². The lowest BCUT2D eigenvalue weighted by molar-refractivity contribution is 0.0516. The summed E-state index contributed by atoms with van der Waals surface area (Å²) >= 11 is 0. The number of rotatable bonds is 5. The molecule has 2 aromatic heterocycles. The molecule has 0 aliphatic rings. The largest absolute Gasteiger partial charge is 0.505 e. The van der Waals surface area contributed by atoms with Crippen molar-refractivity contribution in [3.8, 4) is 28.5 Å². The average molecular weight is 376 g/mol. The number of aromatic nitrogens is 2. The van der Waals surface area contributed by atoms with Gasteiger partial charge in [0.15, 0.2) is 17.0 Å². The summed E-state index contributed by atoms with van der Waals surface area (Å²) in [4.78, 5) is 15.9. The van der Waals surface area contributed by atoms with Crippen molar-refractivity contribution in [1.29, 1.82) is 0 Å². The van der Waals surface area contributed by atoms with E-state index in [0.717, 1.165) is 5.75 Å². The van der Waals surface area contributed by atoms with Crippen molar-refractivity contribution in [2.45, 2.75) is 6.92 Å². The fourth-order valence-corrected chi connectivity index (χ4v) is 2.77. The van der Waals surface area contributed by atoms with Crippen molar-refractivity contribution in [2.24, 2.45) is 0 Å². The maximum absolute atomic E-state index is 12.0. The first-order valence-corrected chi connectivity index (χ1v) is 8.65. The van der Waals surface area contributed by atoms with Crippen LogP contribution >= 0.6 is 0 Å². The van der Waals surface area contributed by atoms with Gasteiger partial charge >= 0.3 is 5.97 Å². The standard InChI is InChI=1S/C21H16N2O5/c1-2-26-21(25)19-20(24)17-16(12-22-19)28-23-18(17)13-8-10-15(11-9-13)27-14-6-4-3-5-7-14/h3-12,24H,2H2,1H3. The second-order valence-corrected chi connectivity index (χ2v) is 5.89. The fraction of sp³-hybridized carbons (Fsp3) is 0.0952. The number of para-hydroxylation sites is 1. The zero-order valence-corrected chi connectivity index (χ0v) is 15.0. The van der Waals surface area contributed by atoms with E-state index in [-0.39, 0.29) is 23.6 Å².